The zero-order valence-electron chi connectivity index (χ0n) is 9.84. The van der Waals surface area contributed by atoms with E-state index in [9.17, 15) is 9.59 Å². The molecule has 0 spiro atoms. The van der Waals surface area contributed by atoms with Crippen molar-refractivity contribution < 1.29 is 14.7 Å². The van der Waals surface area contributed by atoms with E-state index in [-0.39, 0.29) is 12.5 Å². The molecule has 1 rings (SSSR count). The van der Waals surface area contributed by atoms with Crippen molar-refractivity contribution in [2.75, 3.05) is 13.6 Å². The molecule has 17 heavy (non-hydrogen) atoms. The van der Waals surface area contributed by atoms with Crippen LogP contribution in [-0.4, -0.2) is 41.5 Å². The fourth-order valence-corrected chi connectivity index (χ4v) is 2.16. The van der Waals surface area contributed by atoms with Crippen LogP contribution in [0.4, 0.5) is 0 Å². The number of carboxylic acid groups (broad SMARTS) is 1. The second-order valence-electron chi connectivity index (χ2n) is 3.92. The number of nitrogens with zero attached hydrogens (tertiary/aromatic N) is 1. The van der Waals surface area contributed by atoms with Gasteiger partial charge in [0, 0.05) is 20.0 Å². The number of aliphatic carboxylic acids is 1. The summed E-state index contributed by atoms with van der Waals surface area (Å²) in [5.41, 5.74) is 1.14. The lowest BCUT2D eigenvalue weighted by atomic mass is 10.2. The predicted molar refractivity (Wildman–Crippen MR) is 65.9 cm³/mol. The van der Waals surface area contributed by atoms with Crippen LogP contribution in [-0.2, 0) is 16.1 Å². The molecule has 1 heterocycles. The first-order chi connectivity index (χ1) is 7.99. The van der Waals surface area contributed by atoms with Crippen molar-refractivity contribution >= 4 is 23.2 Å². The summed E-state index contributed by atoms with van der Waals surface area (Å²) in [4.78, 5) is 23.7. The third-order valence-electron chi connectivity index (χ3n) is 2.20. The molecule has 1 amide bonds. The lowest BCUT2D eigenvalue weighted by molar-refractivity contribution is -0.142. The van der Waals surface area contributed by atoms with Gasteiger partial charge in [0.2, 0.25) is 5.91 Å². The van der Waals surface area contributed by atoms with Crippen LogP contribution in [0, 0.1) is 0 Å². The molecule has 0 radical (unpaired) electrons. The molecule has 5 nitrogen and oxygen atoms in total. The molecule has 1 aromatic rings. The summed E-state index contributed by atoms with van der Waals surface area (Å²) < 4.78 is 0. The quantitative estimate of drug-likeness (QED) is 0.788. The molecule has 1 atom stereocenters. The summed E-state index contributed by atoms with van der Waals surface area (Å²) >= 11 is 1.60. The molecule has 1 unspecified atom stereocenters. The van der Waals surface area contributed by atoms with Crippen LogP contribution in [0.5, 0.6) is 0 Å². The fraction of sp³-hybridized carbons (Fsp3) is 0.455. The molecule has 0 aliphatic rings. The smallest absolute Gasteiger partial charge is 0.327 e. The van der Waals surface area contributed by atoms with E-state index in [1.807, 2.05) is 28.8 Å². The number of rotatable bonds is 6. The zero-order valence-corrected chi connectivity index (χ0v) is 10.7. The Labute approximate surface area is 104 Å². The van der Waals surface area contributed by atoms with Crippen LogP contribution in [0.25, 0.3) is 0 Å². The van der Waals surface area contributed by atoms with E-state index in [2.05, 4.69) is 5.32 Å². The molecule has 0 fully saturated rings. The average Bonchev–Trinajstić information content (AvgIpc) is 2.68. The monoisotopic (exact) mass is 256 g/mol. The van der Waals surface area contributed by atoms with Gasteiger partial charge in [-0.05, 0) is 29.4 Å². The molecule has 6 heteroatoms. The predicted octanol–water partition coefficient (Wildman–Crippen LogP) is 0.769. The summed E-state index contributed by atoms with van der Waals surface area (Å²) in [7, 11) is 1.83. The summed E-state index contributed by atoms with van der Waals surface area (Å²) in [5.74, 6) is -1.35. The highest BCUT2D eigenvalue weighted by Gasteiger charge is 2.20. The van der Waals surface area contributed by atoms with Gasteiger partial charge in [0.15, 0.2) is 0 Å². The molecule has 0 saturated carbocycles. The van der Waals surface area contributed by atoms with Crippen molar-refractivity contribution in [3.63, 3.8) is 0 Å². The number of amides is 1. The molecule has 0 aliphatic carbocycles. The topological polar surface area (TPSA) is 69.6 Å². The lowest BCUT2D eigenvalue weighted by Crippen LogP contribution is -2.46. The van der Waals surface area contributed by atoms with Gasteiger partial charge in [0.05, 0.1) is 0 Å². The van der Waals surface area contributed by atoms with E-state index in [1.54, 1.807) is 11.3 Å². The Bertz CT molecular complexity index is 378. The van der Waals surface area contributed by atoms with Crippen molar-refractivity contribution in [2.24, 2.45) is 0 Å². The zero-order chi connectivity index (χ0) is 12.8. The number of hydrogen-bond donors (Lipinski definition) is 2. The number of carbonyl (C=O) groups excluding carboxylic acids is 1. The molecule has 1 aromatic heterocycles. The number of thiophene rings is 1. The van der Waals surface area contributed by atoms with Gasteiger partial charge in [-0.1, -0.05) is 0 Å². The Kier molecular flexibility index (Phi) is 5.11. The Morgan fingerprint density at radius 1 is 1.59 bits per heavy atom. The highest BCUT2D eigenvalue weighted by Crippen LogP contribution is 2.08. The molecule has 2 N–H and O–H groups in total. The van der Waals surface area contributed by atoms with E-state index < -0.39 is 12.0 Å². The van der Waals surface area contributed by atoms with E-state index in [1.165, 1.54) is 6.92 Å². The highest BCUT2D eigenvalue weighted by atomic mass is 32.1. The van der Waals surface area contributed by atoms with E-state index in [4.69, 9.17) is 5.11 Å². The standard InChI is InChI=1S/C11H16N2O3S/c1-8(14)12-10(11(15)16)6-13(2)5-9-3-4-17-7-9/h3-4,7,10H,5-6H2,1-2H3,(H,12,14)(H,15,16). The summed E-state index contributed by atoms with van der Waals surface area (Å²) in [6, 6.07) is 1.13. The normalized spacial score (nSPS) is 12.4. The van der Waals surface area contributed by atoms with Gasteiger partial charge in [-0.15, -0.1) is 0 Å². The van der Waals surface area contributed by atoms with Gasteiger partial charge >= 0.3 is 5.97 Å². The lowest BCUT2D eigenvalue weighted by Gasteiger charge is -2.21. The van der Waals surface area contributed by atoms with Crippen molar-refractivity contribution in [1.82, 2.24) is 10.2 Å². The maximum atomic E-state index is 10.9. The third kappa shape index (κ3) is 4.97. The minimum absolute atomic E-state index is 0.283. The molecule has 0 bridgehead atoms. The van der Waals surface area contributed by atoms with Gasteiger partial charge < -0.3 is 10.4 Å². The van der Waals surface area contributed by atoms with Crippen molar-refractivity contribution in [1.29, 1.82) is 0 Å². The molecule has 0 aromatic carbocycles. The first kappa shape index (κ1) is 13.7. The second-order valence-corrected chi connectivity index (χ2v) is 4.70. The summed E-state index contributed by atoms with van der Waals surface area (Å²) in [6.45, 7) is 2.27. The van der Waals surface area contributed by atoms with E-state index in [0.717, 1.165) is 5.56 Å². The number of carbonyl (C=O) groups is 2. The first-order valence-electron chi connectivity index (χ1n) is 5.18. The van der Waals surface area contributed by atoms with Crippen LogP contribution in [0.3, 0.4) is 0 Å². The van der Waals surface area contributed by atoms with Crippen molar-refractivity contribution in [3.8, 4) is 0 Å². The van der Waals surface area contributed by atoms with Gasteiger partial charge in [0.25, 0.3) is 0 Å². The fourth-order valence-electron chi connectivity index (χ4n) is 1.50. The molecule has 0 aliphatic heterocycles. The molecular formula is C11H16N2O3S. The maximum Gasteiger partial charge on any atom is 0.327 e. The highest BCUT2D eigenvalue weighted by molar-refractivity contribution is 7.07. The SMILES string of the molecule is CC(=O)NC(CN(C)Cc1ccsc1)C(=O)O. The number of likely N-dealkylation sites (N-methyl/N-ethyl adjacent to an activating group) is 1. The van der Waals surface area contributed by atoms with Crippen LogP contribution < -0.4 is 5.32 Å². The van der Waals surface area contributed by atoms with Gasteiger partial charge in [0.1, 0.15) is 6.04 Å². The van der Waals surface area contributed by atoms with Crippen LogP contribution in [0.15, 0.2) is 16.8 Å². The molecule has 94 valence electrons. The minimum Gasteiger partial charge on any atom is -0.480 e. The molecule has 0 saturated heterocycles. The number of carboxylic acids is 1. The van der Waals surface area contributed by atoms with Crippen molar-refractivity contribution in [3.05, 3.63) is 22.4 Å². The number of nitrogens with one attached hydrogen (secondary N) is 1. The number of hydrogen-bond acceptors (Lipinski definition) is 4. The van der Waals surface area contributed by atoms with Crippen LogP contribution in [0.1, 0.15) is 12.5 Å². The summed E-state index contributed by atoms with van der Waals surface area (Å²) in [5, 5.41) is 15.4. The van der Waals surface area contributed by atoms with Gasteiger partial charge in [-0.3, -0.25) is 9.69 Å². The largest absolute Gasteiger partial charge is 0.480 e. The average molecular weight is 256 g/mol. The van der Waals surface area contributed by atoms with E-state index >= 15 is 0 Å². The Hall–Kier alpha value is -1.40. The first-order valence-corrected chi connectivity index (χ1v) is 6.13. The van der Waals surface area contributed by atoms with E-state index in [0.29, 0.717) is 6.54 Å². The van der Waals surface area contributed by atoms with Crippen LogP contribution >= 0.6 is 11.3 Å². The third-order valence-corrected chi connectivity index (χ3v) is 2.93. The Morgan fingerprint density at radius 2 is 2.29 bits per heavy atom. The van der Waals surface area contributed by atoms with Crippen LogP contribution in [0.2, 0.25) is 0 Å². The molecular weight excluding hydrogens is 240 g/mol. The van der Waals surface area contributed by atoms with Gasteiger partial charge in [-0.25, -0.2) is 4.79 Å². The minimum atomic E-state index is -1.02. The second kappa shape index (κ2) is 6.36. The maximum absolute atomic E-state index is 10.9. The summed E-state index contributed by atoms with van der Waals surface area (Å²) in [6.07, 6.45) is 0. The Balaban J connectivity index is 2.49. The van der Waals surface area contributed by atoms with Crippen molar-refractivity contribution in [2.45, 2.75) is 19.5 Å². The Morgan fingerprint density at radius 3 is 2.76 bits per heavy atom. The van der Waals surface area contributed by atoms with Gasteiger partial charge in [-0.2, -0.15) is 11.3 Å².